The van der Waals surface area contributed by atoms with E-state index in [1.54, 1.807) is 25.3 Å². The Bertz CT molecular complexity index is 801. The van der Waals surface area contributed by atoms with E-state index >= 15 is 0 Å². The second-order valence-corrected chi connectivity index (χ2v) is 9.09. The molecule has 32 heavy (non-hydrogen) atoms. The molecule has 2 aliphatic heterocycles. The molecule has 0 bridgehead atoms. The Hall–Kier alpha value is -2.32. The van der Waals surface area contributed by atoms with Crippen molar-refractivity contribution in [3.05, 3.63) is 35.4 Å². The van der Waals surface area contributed by atoms with Crippen LogP contribution in [-0.2, 0) is 9.53 Å². The van der Waals surface area contributed by atoms with Crippen molar-refractivity contribution in [2.45, 2.75) is 51.5 Å². The summed E-state index contributed by atoms with van der Waals surface area (Å²) < 4.78 is 10.9. The molecule has 176 valence electrons. The molecule has 8 heteroatoms. The lowest BCUT2D eigenvalue weighted by Crippen LogP contribution is -2.48. The van der Waals surface area contributed by atoms with Crippen LogP contribution in [0.3, 0.4) is 0 Å². The maximum Gasteiger partial charge on any atom is 0.338 e. The summed E-state index contributed by atoms with van der Waals surface area (Å²) in [5, 5.41) is 5.69. The summed E-state index contributed by atoms with van der Waals surface area (Å²) in [5.41, 5.74) is 1.03. The van der Waals surface area contributed by atoms with Crippen molar-refractivity contribution in [3.8, 4) is 0 Å². The van der Waals surface area contributed by atoms with E-state index in [1.807, 2.05) is 0 Å². The van der Waals surface area contributed by atoms with Crippen molar-refractivity contribution >= 4 is 12.0 Å². The minimum atomic E-state index is -0.650. The molecule has 1 saturated carbocycles. The molecule has 3 heterocycles. The Balaban J connectivity index is 1.46. The number of ether oxygens (including phenoxy) is 1. The van der Waals surface area contributed by atoms with Gasteiger partial charge in [0.05, 0.1) is 18.4 Å². The van der Waals surface area contributed by atoms with Gasteiger partial charge in [0, 0.05) is 31.9 Å². The van der Waals surface area contributed by atoms with Crippen molar-refractivity contribution in [2.24, 2.45) is 5.92 Å². The van der Waals surface area contributed by atoms with E-state index in [0.717, 1.165) is 38.5 Å². The second kappa shape index (κ2) is 11.0. The number of urea groups is 1. The first-order valence-electron chi connectivity index (χ1n) is 12.1. The molecule has 1 aliphatic carbocycles. The number of nitrogens with zero attached hydrogens (tertiary/aromatic N) is 2. The quantitative estimate of drug-likeness (QED) is 0.629. The minimum absolute atomic E-state index is 0.272. The largest absolute Gasteiger partial charge is 0.467 e. The van der Waals surface area contributed by atoms with Gasteiger partial charge in [-0.05, 0) is 57.3 Å². The SMILES string of the molecule is CCOC(=O)C1=C(CN2CCCN(CC3CCCCC3)CC2)NC(=O)NC1c1ccco1. The summed E-state index contributed by atoms with van der Waals surface area (Å²) in [6.45, 7) is 7.75. The number of carbonyl (C=O) groups is 2. The first-order chi connectivity index (χ1) is 15.6. The predicted octanol–water partition coefficient (Wildman–Crippen LogP) is 3.04. The van der Waals surface area contributed by atoms with Crippen LogP contribution in [0.5, 0.6) is 0 Å². The number of carbonyl (C=O) groups excluding carboxylic acids is 2. The summed E-state index contributed by atoms with van der Waals surface area (Å²) in [5.74, 6) is 0.936. The Morgan fingerprint density at radius 3 is 2.66 bits per heavy atom. The van der Waals surface area contributed by atoms with Gasteiger partial charge < -0.3 is 24.7 Å². The molecule has 8 nitrogen and oxygen atoms in total. The van der Waals surface area contributed by atoms with E-state index < -0.39 is 12.0 Å². The molecule has 2 amide bonds. The molecule has 4 rings (SSSR count). The highest BCUT2D eigenvalue weighted by molar-refractivity contribution is 5.95. The van der Waals surface area contributed by atoms with Crippen LogP contribution >= 0.6 is 0 Å². The van der Waals surface area contributed by atoms with Gasteiger partial charge in [0.2, 0.25) is 0 Å². The van der Waals surface area contributed by atoms with Crippen LogP contribution in [-0.4, -0.2) is 67.7 Å². The smallest absolute Gasteiger partial charge is 0.338 e. The van der Waals surface area contributed by atoms with E-state index in [-0.39, 0.29) is 12.6 Å². The number of furan rings is 1. The monoisotopic (exact) mass is 444 g/mol. The van der Waals surface area contributed by atoms with Gasteiger partial charge in [-0.1, -0.05) is 19.3 Å². The molecule has 2 N–H and O–H groups in total. The summed E-state index contributed by atoms with van der Waals surface area (Å²) >= 11 is 0. The van der Waals surface area contributed by atoms with Crippen LogP contribution in [0.2, 0.25) is 0 Å². The number of hydrogen-bond donors (Lipinski definition) is 2. The number of amides is 2. The average molecular weight is 445 g/mol. The Kier molecular flexibility index (Phi) is 7.86. The standard InChI is InChI=1S/C24H36N4O4/c1-2-31-23(29)21-19(25-24(30)26-22(21)20-10-6-15-32-20)17-28-12-7-11-27(13-14-28)16-18-8-4-3-5-9-18/h6,10,15,18,22H,2-5,7-9,11-14,16-17H2,1H3,(H2,25,26,30). The van der Waals surface area contributed by atoms with Gasteiger partial charge in [-0.3, -0.25) is 4.90 Å². The normalized spacial score (nSPS) is 24.0. The maximum atomic E-state index is 12.9. The van der Waals surface area contributed by atoms with Crippen LogP contribution in [0.4, 0.5) is 4.79 Å². The van der Waals surface area contributed by atoms with Crippen molar-refractivity contribution in [1.82, 2.24) is 20.4 Å². The zero-order valence-corrected chi connectivity index (χ0v) is 19.1. The lowest BCUT2D eigenvalue weighted by atomic mass is 9.89. The topological polar surface area (TPSA) is 87.0 Å². The zero-order valence-electron chi connectivity index (χ0n) is 19.1. The van der Waals surface area contributed by atoms with Gasteiger partial charge in [-0.25, -0.2) is 9.59 Å². The highest BCUT2D eigenvalue weighted by atomic mass is 16.5. The number of rotatable bonds is 7. The fourth-order valence-electron chi connectivity index (χ4n) is 5.18. The molecule has 1 atom stereocenters. The summed E-state index contributed by atoms with van der Waals surface area (Å²) in [4.78, 5) is 30.2. The molecule has 1 aromatic heterocycles. The fraction of sp³-hybridized carbons (Fsp3) is 0.667. The summed E-state index contributed by atoms with van der Waals surface area (Å²) in [7, 11) is 0. The van der Waals surface area contributed by atoms with E-state index in [1.165, 1.54) is 38.6 Å². The van der Waals surface area contributed by atoms with Crippen molar-refractivity contribution in [1.29, 1.82) is 0 Å². The molecule has 2 fully saturated rings. The molecule has 0 radical (unpaired) electrons. The molecular formula is C24H36N4O4. The highest BCUT2D eigenvalue weighted by Gasteiger charge is 2.36. The summed E-state index contributed by atoms with van der Waals surface area (Å²) in [6.07, 6.45) is 9.50. The first-order valence-corrected chi connectivity index (χ1v) is 12.1. The van der Waals surface area contributed by atoms with Gasteiger partial charge in [-0.15, -0.1) is 0 Å². The Morgan fingerprint density at radius 1 is 1.12 bits per heavy atom. The first kappa shape index (κ1) is 22.9. The van der Waals surface area contributed by atoms with E-state index in [0.29, 0.717) is 23.6 Å². The average Bonchev–Trinajstić information content (AvgIpc) is 3.24. The Morgan fingerprint density at radius 2 is 1.91 bits per heavy atom. The maximum absolute atomic E-state index is 12.9. The lowest BCUT2D eigenvalue weighted by Gasteiger charge is -2.31. The molecule has 0 spiro atoms. The predicted molar refractivity (Wildman–Crippen MR) is 121 cm³/mol. The Labute approximate surface area is 190 Å². The van der Waals surface area contributed by atoms with E-state index in [2.05, 4.69) is 20.4 Å². The second-order valence-electron chi connectivity index (χ2n) is 9.09. The van der Waals surface area contributed by atoms with E-state index in [4.69, 9.17) is 9.15 Å². The molecule has 3 aliphatic rings. The van der Waals surface area contributed by atoms with Crippen LogP contribution in [0, 0.1) is 5.92 Å². The van der Waals surface area contributed by atoms with E-state index in [9.17, 15) is 9.59 Å². The van der Waals surface area contributed by atoms with Gasteiger partial charge in [0.25, 0.3) is 0 Å². The third kappa shape index (κ3) is 5.72. The number of nitrogens with one attached hydrogen (secondary N) is 2. The van der Waals surface area contributed by atoms with Crippen molar-refractivity contribution in [2.75, 3.05) is 45.9 Å². The van der Waals surface area contributed by atoms with Crippen LogP contribution in [0.25, 0.3) is 0 Å². The molecule has 1 unspecified atom stereocenters. The fourth-order valence-corrected chi connectivity index (χ4v) is 5.18. The van der Waals surface area contributed by atoms with Crippen LogP contribution in [0.15, 0.2) is 34.1 Å². The summed E-state index contributed by atoms with van der Waals surface area (Å²) in [6, 6.07) is 2.54. The van der Waals surface area contributed by atoms with Crippen molar-refractivity contribution in [3.63, 3.8) is 0 Å². The zero-order chi connectivity index (χ0) is 22.3. The third-order valence-electron chi connectivity index (χ3n) is 6.78. The number of esters is 1. The van der Waals surface area contributed by atoms with Gasteiger partial charge >= 0.3 is 12.0 Å². The lowest BCUT2D eigenvalue weighted by molar-refractivity contribution is -0.139. The number of hydrogen-bond acceptors (Lipinski definition) is 6. The van der Waals surface area contributed by atoms with Crippen LogP contribution < -0.4 is 10.6 Å². The molecular weight excluding hydrogens is 408 g/mol. The highest BCUT2D eigenvalue weighted by Crippen LogP contribution is 2.29. The van der Waals surface area contributed by atoms with Crippen LogP contribution in [0.1, 0.15) is 57.3 Å². The molecule has 1 aromatic rings. The molecule has 0 aromatic carbocycles. The molecule has 1 saturated heterocycles. The van der Waals surface area contributed by atoms with Gasteiger partial charge in [0.1, 0.15) is 11.8 Å². The third-order valence-corrected chi connectivity index (χ3v) is 6.78. The minimum Gasteiger partial charge on any atom is -0.467 e. The van der Waals surface area contributed by atoms with Crippen molar-refractivity contribution < 1.29 is 18.7 Å². The van der Waals surface area contributed by atoms with Gasteiger partial charge in [-0.2, -0.15) is 0 Å². The van der Waals surface area contributed by atoms with Gasteiger partial charge in [0.15, 0.2) is 0 Å².